The summed E-state index contributed by atoms with van der Waals surface area (Å²) in [7, 11) is 0. The minimum absolute atomic E-state index is 0.0687. The number of rotatable bonds is 5. The summed E-state index contributed by atoms with van der Waals surface area (Å²) >= 11 is 1.47. The molecule has 0 aromatic carbocycles. The van der Waals surface area contributed by atoms with E-state index < -0.39 is 0 Å². The van der Waals surface area contributed by atoms with Gasteiger partial charge in [0.25, 0.3) is 5.19 Å². The molecule has 1 fully saturated rings. The van der Waals surface area contributed by atoms with Gasteiger partial charge in [-0.25, -0.2) is 4.98 Å². The molecule has 1 saturated heterocycles. The number of likely N-dealkylation sites (tertiary alicyclic amines) is 1. The fourth-order valence-corrected chi connectivity index (χ4v) is 2.93. The van der Waals surface area contributed by atoms with Gasteiger partial charge in [-0.05, 0) is 20.3 Å². The van der Waals surface area contributed by atoms with Crippen molar-refractivity contribution in [1.82, 2.24) is 15.0 Å². The number of carbonyl (C=O) groups is 1. The Morgan fingerprint density at radius 1 is 1.52 bits per heavy atom. The molecule has 1 aliphatic rings. The van der Waals surface area contributed by atoms with Crippen LogP contribution in [-0.2, 0) is 11.2 Å². The Bertz CT molecular complexity index is 598. The smallest absolute Gasteiger partial charge is 0.273 e. The second kappa shape index (κ2) is 5.85. The maximum atomic E-state index is 12.1. The third kappa shape index (κ3) is 3.07. The standard InChI is InChI=1S/C14H17N3O3S/c1-9-12(10(2)20-16-9)3-4-13(18)17-7-11(8-17)19-14-15-5-6-21-14/h5-6,11H,3-4,7-8H2,1-2H3. The van der Waals surface area contributed by atoms with Crippen LogP contribution in [0.5, 0.6) is 5.19 Å². The maximum Gasteiger partial charge on any atom is 0.273 e. The van der Waals surface area contributed by atoms with E-state index in [0.29, 0.717) is 31.1 Å². The molecule has 0 unspecified atom stereocenters. The highest BCUT2D eigenvalue weighted by atomic mass is 32.1. The summed E-state index contributed by atoms with van der Waals surface area (Å²) in [5, 5.41) is 6.45. The number of nitrogens with zero attached hydrogens (tertiary/aromatic N) is 3. The zero-order valence-electron chi connectivity index (χ0n) is 12.0. The Kier molecular flexibility index (Phi) is 3.92. The first-order valence-electron chi connectivity index (χ1n) is 6.89. The molecule has 0 N–H and O–H groups in total. The van der Waals surface area contributed by atoms with Crippen molar-refractivity contribution >= 4 is 17.2 Å². The number of aromatic nitrogens is 2. The second-order valence-electron chi connectivity index (χ2n) is 5.14. The van der Waals surface area contributed by atoms with E-state index in [-0.39, 0.29) is 12.0 Å². The van der Waals surface area contributed by atoms with E-state index in [0.717, 1.165) is 17.0 Å². The van der Waals surface area contributed by atoms with Gasteiger partial charge in [-0.2, -0.15) is 0 Å². The fraction of sp³-hybridized carbons (Fsp3) is 0.500. The Balaban J connectivity index is 1.43. The minimum Gasteiger partial charge on any atom is -0.463 e. The van der Waals surface area contributed by atoms with Gasteiger partial charge < -0.3 is 14.2 Å². The molecule has 0 aliphatic carbocycles. The molecular formula is C14H17N3O3S. The maximum absolute atomic E-state index is 12.1. The van der Waals surface area contributed by atoms with Crippen molar-refractivity contribution in [2.24, 2.45) is 0 Å². The highest BCUT2D eigenvalue weighted by Crippen LogP contribution is 2.21. The van der Waals surface area contributed by atoms with E-state index in [9.17, 15) is 4.79 Å². The van der Waals surface area contributed by atoms with Crippen molar-refractivity contribution < 1.29 is 14.1 Å². The normalized spacial score (nSPS) is 15.0. The molecule has 6 nitrogen and oxygen atoms in total. The molecule has 1 amide bonds. The van der Waals surface area contributed by atoms with Crippen molar-refractivity contribution in [3.8, 4) is 5.19 Å². The topological polar surface area (TPSA) is 68.5 Å². The number of hydrogen-bond donors (Lipinski definition) is 0. The van der Waals surface area contributed by atoms with E-state index >= 15 is 0 Å². The number of hydrogen-bond acceptors (Lipinski definition) is 6. The molecule has 0 saturated carbocycles. The molecule has 7 heteroatoms. The molecule has 3 heterocycles. The largest absolute Gasteiger partial charge is 0.463 e. The zero-order valence-corrected chi connectivity index (χ0v) is 12.9. The highest BCUT2D eigenvalue weighted by Gasteiger charge is 2.32. The summed E-state index contributed by atoms with van der Waals surface area (Å²) in [6.45, 7) is 5.05. The summed E-state index contributed by atoms with van der Waals surface area (Å²) in [5.41, 5.74) is 1.91. The lowest BCUT2D eigenvalue weighted by Crippen LogP contribution is -2.56. The molecule has 112 valence electrons. The van der Waals surface area contributed by atoms with Crippen LogP contribution in [0.3, 0.4) is 0 Å². The van der Waals surface area contributed by atoms with Crippen LogP contribution in [0.25, 0.3) is 0 Å². The van der Waals surface area contributed by atoms with Gasteiger partial charge in [-0.15, -0.1) is 0 Å². The van der Waals surface area contributed by atoms with Gasteiger partial charge in [-0.3, -0.25) is 4.79 Å². The van der Waals surface area contributed by atoms with Gasteiger partial charge in [0.1, 0.15) is 11.9 Å². The summed E-state index contributed by atoms with van der Waals surface area (Å²) in [5.74, 6) is 0.947. The van der Waals surface area contributed by atoms with Crippen LogP contribution in [0.2, 0.25) is 0 Å². The van der Waals surface area contributed by atoms with Crippen LogP contribution in [0, 0.1) is 13.8 Å². The highest BCUT2D eigenvalue weighted by molar-refractivity contribution is 7.11. The minimum atomic E-state index is 0.0687. The first-order valence-corrected chi connectivity index (χ1v) is 7.77. The number of aryl methyl sites for hydroxylation is 2. The fourth-order valence-electron chi connectivity index (χ4n) is 2.38. The average Bonchev–Trinajstić information content (AvgIpc) is 3.02. The van der Waals surface area contributed by atoms with Crippen molar-refractivity contribution in [3.05, 3.63) is 28.6 Å². The van der Waals surface area contributed by atoms with Crippen LogP contribution in [-0.4, -0.2) is 40.1 Å². The van der Waals surface area contributed by atoms with Gasteiger partial charge in [0.2, 0.25) is 5.91 Å². The molecule has 2 aromatic rings. The van der Waals surface area contributed by atoms with E-state index in [1.54, 1.807) is 6.20 Å². The van der Waals surface area contributed by atoms with E-state index in [1.165, 1.54) is 11.3 Å². The molecule has 0 atom stereocenters. The van der Waals surface area contributed by atoms with Crippen LogP contribution in [0.15, 0.2) is 16.1 Å². The van der Waals surface area contributed by atoms with E-state index in [2.05, 4.69) is 10.1 Å². The Morgan fingerprint density at radius 3 is 2.95 bits per heavy atom. The summed E-state index contributed by atoms with van der Waals surface area (Å²) in [6.07, 6.45) is 2.94. The molecule has 3 rings (SSSR count). The van der Waals surface area contributed by atoms with Crippen molar-refractivity contribution in [2.75, 3.05) is 13.1 Å². The number of ether oxygens (including phenoxy) is 1. The summed E-state index contributed by atoms with van der Waals surface area (Å²) in [6, 6.07) is 0. The number of amides is 1. The predicted octanol–water partition coefficient (Wildman–Crippen LogP) is 1.97. The van der Waals surface area contributed by atoms with Gasteiger partial charge in [0, 0.05) is 23.6 Å². The SMILES string of the molecule is Cc1noc(C)c1CCC(=O)N1CC(Oc2nccs2)C1. The summed E-state index contributed by atoms with van der Waals surface area (Å²) < 4.78 is 10.8. The van der Waals surface area contributed by atoms with Gasteiger partial charge in [0.15, 0.2) is 0 Å². The zero-order chi connectivity index (χ0) is 14.8. The molecule has 0 bridgehead atoms. The monoisotopic (exact) mass is 307 g/mol. The Hall–Kier alpha value is -1.89. The van der Waals surface area contributed by atoms with Gasteiger partial charge in [0.05, 0.1) is 18.8 Å². The van der Waals surface area contributed by atoms with Crippen molar-refractivity contribution in [2.45, 2.75) is 32.8 Å². The molecule has 2 aromatic heterocycles. The number of thiazole rings is 1. The number of carbonyl (C=O) groups excluding carboxylic acids is 1. The van der Waals surface area contributed by atoms with Crippen molar-refractivity contribution in [1.29, 1.82) is 0 Å². The van der Waals surface area contributed by atoms with Crippen LogP contribution >= 0.6 is 11.3 Å². The molecule has 21 heavy (non-hydrogen) atoms. The lowest BCUT2D eigenvalue weighted by atomic mass is 10.1. The lowest BCUT2D eigenvalue weighted by molar-refractivity contribution is -0.139. The van der Waals surface area contributed by atoms with E-state index in [1.807, 2.05) is 24.1 Å². The van der Waals surface area contributed by atoms with Crippen LogP contribution in [0.4, 0.5) is 0 Å². The molecule has 0 radical (unpaired) electrons. The quantitative estimate of drug-likeness (QED) is 0.845. The molecular weight excluding hydrogens is 290 g/mol. The molecule has 0 spiro atoms. The Morgan fingerprint density at radius 2 is 2.33 bits per heavy atom. The first-order chi connectivity index (χ1) is 10.1. The first kappa shape index (κ1) is 14.1. The summed E-state index contributed by atoms with van der Waals surface area (Å²) in [4.78, 5) is 18.0. The Labute approximate surface area is 126 Å². The van der Waals surface area contributed by atoms with Crippen molar-refractivity contribution in [3.63, 3.8) is 0 Å². The predicted molar refractivity (Wildman–Crippen MR) is 77.4 cm³/mol. The third-order valence-electron chi connectivity index (χ3n) is 3.65. The third-order valence-corrected chi connectivity index (χ3v) is 4.31. The molecule has 1 aliphatic heterocycles. The average molecular weight is 307 g/mol. The van der Waals surface area contributed by atoms with E-state index in [4.69, 9.17) is 9.26 Å². The van der Waals surface area contributed by atoms with Gasteiger partial charge >= 0.3 is 0 Å². The van der Waals surface area contributed by atoms with Crippen LogP contribution in [0.1, 0.15) is 23.4 Å². The van der Waals surface area contributed by atoms with Crippen LogP contribution < -0.4 is 4.74 Å². The van der Waals surface area contributed by atoms with Gasteiger partial charge in [-0.1, -0.05) is 16.5 Å². The second-order valence-corrected chi connectivity index (χ2v) is 6.00. The lowest BCUT2D eigenvalue weighted by Gasteiger charge is -2.38.